The minimum Gasteiger partial charge on any atom is -0.508 e. The molecule has 0 fully saturated rings. The van der Waals surface area contributed by atoms with Gasteiger partial charge in [-0.15, -0.1) is 0 Å². The summed E-state index contributed by atoms with van der Waals surface area (Å²) >= 11 is 0. The van der Waals surface area contributed by atoms with Gasteiger partial charge in [0, 0.05) is 17.7 Å². The fourth-order valence-electron chi connectivity index (χ4n) is 1.59. The lowest BCUT2D eigenvalue weighted by Crippen LogP contribution is -2.17. The lowest BCUT2D eigenvalue weighted by molar-refractivity contribution is 0.229. The molecule has 3 heteroatoms. The van der Waals surface area contributed by atoms with Crippen LogP contribution in [0.4, 0.5) is 0 Å². The van der Waals surface area contributed by atoms with E-state index in [9.17, 15) is 10.2 Å². The van der Waals surface area contributed by atoms with E-state index in [1.54, 1.807) is 6.07 Å². The van der Waals surface area contributed by atoms with E-state index in [0.717, 1.165) is 12.0 Å². The van der Waals surface area contributed by atoms with Crippen molar-refractivity contribution in [3.8, 4) is 17.2 Å². The molecule has 1 unspecified atom stereocenters. The maximum atomic E-state index is 9.51. The second-order valence-corrected chi connectivity index (χ2v) is 3.56. The average molecular weight is 180 g/mol. The third-order valence-electron chi connectivity index (χ3n) is 2.25. The van der Waals surface area contributed by atoms with Crippen LogP contribution in [0, 0.1) is 5.92 Å². The fraction of sp³-hybridized carbons (Fsp3) is 0.400. The zero-order valence-corrected chi connectivity index (χ0v) is 7.45. The van der Waals surface area contributed by atoms with E-state index >= 15 is 0 Å². The van der Waals surface area contributed by atoms with Crippen molar-refractivity contribution in [2.45, 2.75) is 13.3 Å². The van der Waals surface area contributed by atoms with Crippen molar-refractivity contribution in [1.82, 2.24) is 0 Å². The second-order valence-electron chi connectivity index (χ2n) is 3.56. The van der Waals surface area contributed by atoms with Gasteiger partial charge < -0.3 is 14.9 Å². The predicted octanol–water partition coefficient (Wildman–Crippen LogP) is 1.67. The van der Waals surface area contributed by atoms with Crippen LogP contribution in [0.2, 0.25) is 0 Å². The second kappa shape index (κ2) is 2.83. The van der Waals surface area contributed by atoms with Gasteiger partial charge in [0.1, 0.15) is 17.2 Å². The molecule has 0 saturated carbocycles. The molecule has 1 heterocycles. The van der Waals surface area contributed by atoms with E-state index < -0.39 is 0 Å². The molecule has 1 aliphatic rings. The minimum absolute atomic E-state index is 0.0470. The zero-order chi connectivity index (χ0) is 9.42. The third kappa shape index (κ3) is 1.41. The highest BCUT2D eigenvalue weighted by atomic mass is 16.5. The first-order valence-electron chi connectivity index (χ1n) is 4.34. The first-order chi connectivity index (χ1) is 6.16. The Morgan fingerprint density at radius 1 is 1.38 bits per heavy atom. The summed E-state index contributed by atoms with van der Waals surface area (Å²) in [6.45, 7) is 2.71. The van der Waals surface area contributed by atoms with Gasteiger partial charge in [-0.05, 0) is 12.3 Å². The molecule has 13 heavy (non-hydrogen) atoms. The number of benzene rings is 1. The summed E-state index contributed by atoms with van der Waals surface area (Å²) in [4.78, 5) is 0. The molecule has 0 aliphatic carbocycles. The van der Waals surface area contributed by atoms with E-state index in [1.807, 2.05) is 0 Å². The molecule has 1 aliphatic heterocycles. The summed E-state index contributed by atoms with van der Waals surface area (Å²) in [5.41, 5.74) is 0.802. The fourth-order valence-corrected chi connectivity index (χ4v) is 1.59. The van der Waals surface area contributed by atoms with Crippen LogP contribution in [0.5, 0.6) is 17.2 Å². The number of ether oxygens (including phenoxy) is 1. The molecule has 0 bridgehead atoms. The monoisotopic (exact) mass is 180 g/mol. The first-order valence-corrected chi connectivity index (χ1v) is 4.34. The van der Waals surface area contributed by atoms with Crippen LogP contribution in [-0.4, -0.2) is 16.8 Å². The molecule has 1 aromatic rings. The summed E-state index contributed by atoms with van der Waals surface area (Å²) < 4.78 is 5.38. The van der Waals surface area contributed by atoms with Gasteiger partial charge in [-0.3, -0.25) is 0 Å². The van der Waals surface area contributed by atoms with Gasteiger partial charge >= 0.3 is 0 Å². The Balaban J connectivity index is 2.47. The predicted molar refractivity (Wildman–Crippen MR) is 48.1 cm³/mol. The Labute approximate surface area is 76.6 Å². The van der Waals surface area contributed by atoms with Crippen LogP contribution >= 0.6 is 0 Å². The summed E-state index contributed by atoms with van der Waals surface area (Å²) in [6, 6.07) is 2.89. The number of hydrogen-bond donors (Lipinski definition) is 2. The normalized spacial score (nSPS) is 20.5. The minimum atomic E-state index is 0.0470. The largest absolute Gasteiger partial charge is 0.508 e. The van der Waals surface area contributed by atoms with Crippen LogP contribution in [0.1, 0.15) is 12.5 Å². The third-order valence-corrected chi connectivity index (χ3v) is 2.25. The molecule has 1 aromatic carbocycles. The van der Waals surface area contributed by atoms with Gasteiger partial charge in [-0.1, -0.05) is 6.92 Å². The lowest BCUT2D eigenvalue weighted by Gasteiger charge is -2.23. The van der Waals surface area contributed by atoms with Crippen molar-refractivity contribution in [3.05, 3.63) is 17.7 Å². The molecule has 70 valence electrons. The Morgan fingerprint density at radius 2 is 2.15 bits per heavy atom. The molecule has 0 saturated heterocycles. The molecule has 0 aromatic heterocycles. The van der Waals surface area contributed by atoms with E-state index in [2.05, 4.69) is 6.92 Å². The Bertz CT molecular complexity index is 333. The SMILES string of the molecule is CC1COc2cc(O)cc(O)c2C1. The molecule has 3 nitrogen and oxygen atoms in total. The van der Waals surface area contributed by atoms with Gasteiger partial charge in [0.2, 0.25) is 0 Å². The molecule has 0 amide bonds. The van der Waals surface area contributed by atoms with Crippen LogP contribution in [0.15, 0.2) is 12.1 Å². The summed E-state index contributed by atoms with van der Waals surface area (Å²) in [5.74, 6) is 1.20. The summed E-state index contributed by atoms with van der Waals surface area (Å²) in [7, 11) is 0. The number of rotatable bonds is 0. The van der Waals surface area contributed by atoms with Crippen molar-refractivity contribution in [1.29, 1.82) is 0 Å². The van der Waals surface area contributed by atoms with Crippen molar-refractivity contribution in [2.75, 3.05) is 6.61 Å². The van der Waals surface area contributed by atoms with Crippen LogP contribution < -0.4 is 4.74 Å². The highest BCUT2D eigenvalue weighted by molar-refractivity contribution is 5.50. The van der Waals surface area contributed by atoms with Crippen LogP contribution in [0.25, 0.3) is 0 Å². The van der Waals surface area contributed by atoms with Gasteiger partial charge in [0.15, 0.2) is 0 Å². The highest BCUT2D eigenvalue weighted by Crippen LogP contribution is 2.37. The number of aromatic hydroxyl groups is 2. The Hall–Kier alpha value is -1.38. The topological polar surface area (TPSA) is 49.7 Å². The van der Waals surface area contributed by atoms with Gasteiger partial charge in [-0.25, -0.2) is 0 Å². The van der Waals surface area contributed by atoms with Crippen LogP contribution in [-0.2, 0) is 6.42 Å². The van der Waals surface area contributed by atoms with Gasteiger partial charge in [-0.2, -0.15) is 0 Å². The highest BCUT2D eigenvalue weighted by Gasteiger charge is 2.20. The van der Waals surface area contributed by atoms with E-state index in [4.69, 9.17) is 4.74 Å². The van der Waals surface area contributed by atoms with Crippen molar-refractivity contribution in [2.24, 2.45) is 5.92 Å². The number of fused-ring (bicyclic) bond motifs is 1. The number of phenols is 2. The van der Waals surface area contributed by atoms with E-state index in [1.165, 1.54) is 6.07 Å². The molecular weight excluding hydrogens is 168 g/mol. The first kappa shape index (κ1) is 8.23. The lowest BCUT2D eigenvalue weighted by atomic mass is 9.97. The standard InChI is InChI=1S/C10H12O3/c1-6-2-8-9(12)3-7(11)4-10(8)13-5-6/h3-4,6,11-12H,2,5H2,1H3. The Morgan fingerprint density at radius 3 is 2.92 bits per heavy atom. The smallest absolute Gasteiger partial charge is 0.129 e. The molecule has 0 radical (unpaired) electrons. The molecule has 2 N–H and O–H groups in total. The molecule has 0 spiro atoms. The van der Waals surface area contributed by atoms with E-state index in [0.29, 0.717) is 18.3 Å². The van der Waals surface area contributed by atoms with Crippen LogP contribution in [0.3, 0.4) is 0 Å². The van der Waals surface area contributed by atoms with Crippen molar-refractivity contribution >= 4 is 0 Å². The van der Waals surface area contributed by atoms with Crippen molar-refractivity contribution in [3.63, 3.8) is 0 Å². The maximum absolute atomic E-state index is 9.51. The van der Waals surface area contributed by atoms with E-state index in [-0.39, 0.29) is 11.5 Å². The summed E-state index contributed by atoms with van der Waals surface area (Å²) in [6.07, 6.45) is 0.807. The number of hydrogen-bond acceptors (Lipinski definition) is 3. The quantitative estimate of drug-likeness (QED) is 0.638. The maximum Gasteiger partial charge on any atom is 0.129 e. The molecule has 2 rings (SSSR count). The average Bonchev–Trinajstić information content (AvgIpc) is 2.06. The summed E-state index contributed by atoms with van der Waals surface area (Å²) in [5, 5.41) is 18.7. The number of phenolic OH excluding ortho intramolecular Hbond substituents is 2. The zero-order valence-electron chi connectivity index (χ0n) is 7.45. The van der Waals surface area contributed by atoms with Gasteiger partial charge in [0.25, 0.3) is 0 Å². The van der Waals surface area contributed by atoms with Crippen molar-refractivity contribution < 1.29 is 14.9 Å². The molecule has 1 atom stereocenters. The van der Waals surface area contributed by atoms with Gasteiger partial charge in [0.05, 0.1) is 6.61 Å². The Kier molecular flexibility index (Phi) is 1.79. The molecular formula is C10H12O3.